The monoisotopic (exact) mass is 312 g/mol. The van der Waals surface area contributed by atoms with Gasteiger partial charge in [-0.3, -0.25) is 0 Å². The van der Waals surface area contributed by atoms with Crippen molar-refractivity contribution in [2.24, 2.45) is 0 Å². The second kappa shape index (κ2) is 6.08. The van der Waals surface area contributed by atoms with Crippen LogP contribution in [0.15, 0.2) is 0 Å². The van der Waals surface area contributed by atoms with Gasteiger partial charge in [0.25, 0.3) is 0 Å². The van der Waals surface area contributed by atoms with Crippen molar-refractivity contribution in [1.29, 1.82) is 0 Å². The highest BCUT2D eigenvalue weighted by atomic mass is 19.4. The maximum Gasteiger partial charge on any atom is 0.406 e. The van der Waals surface area contributed by atoms with Crippen LogP contribution in [0.2, 0.25) is 0 Å². The van der Waals surface area contributed by atoms with E-state index in [-0.39, 0.29) is 13.1 Å². The van der Waals surface area contributed by atoms with Crippen molar-refractivity contribution in [3.63, 3.8) is 0 Å². The molecule has 0 unspecified atom stereocenters. The number of rotatable bonds is 5. The second-order valence-electron chi connectivity index (χ2n) is 5.61. The molecule has 0 aliphatic carbocycles. The van der Waals surface area contributed by atoms with Gasteiger partial charge in [-0.2, -0.15) is 13.2 Å². The summed E-state index contributed by atoms with van der Waals surface area (Å²) in [5.74, 6) is -1.14. The van der Waals surface area contributed by atoms with Crippen molar-refractivity contribution in [3.8, 4) is 0 Å². The molecular weight excluding hydrogens is 293 g/mol. The van der Waals surface area contributed by atoms with E-state index >= 15 is 0 Å². The van der Waals surface area contributed by atoms with Crippen LogP contribution in [-0.2, 0) is 9.53 Å². The van der Waals surface area contributed by atoms with Gasteiger partial charge in [0.2, 0.25) is 0 Å². The molecule has 1 rings (SSSR count). The Hall–Kier alpha value is -1.51. The number of urea groups is 1. The van der Waals surface area contributed by atoms with Crippen molar-refractivity contribution in [2.45, 2.75) is 38.6 Å². The molecule has 0 aromatic rings. The van der Waals surface area contributed by atoms with Gasteiger partial charge in [-0.25, -0.2) is 9.59 Å². The van der Waals surface area contributed by atoms with Crippen LogP contribution in [0, 0.1) is 0 Å². The summed E-state index contributed by atoms with van der Waals surface area (Å²) < 4.78 is 42.5. The molecule has 0 atom stereocenters. The number of carbonyl (C=O) groups is 2. The number of aliphatic carboxylic acids is 1. The maximum absolute atomic E-state index is 12.5. The van der Waals surface area contributed by atoms with Crippen LogP contribution < -0.4 is 0 Å². The number of halogens is 3. The van der Waals surface area contributed by atoms with Crippen LogP contribution in [0.25, 0.3) is 0 Å². The number of ether oxygens (including phenoxy) is 1. The second-order valence-corrected chi connectivity index (χ2v) is 5.61. The molecule has 1 N–H and O–H groups in total. The van der Waals surface area contributed by atoms with E-state index in [2.05, 4.69) is 0 Å². The number of amides is 2. The highest BCUT2D eigenvalue weighted by Crippen LogP contribution is 2.27. The molecule has 1 heterocycles. The lowest BCUT2D eigenvalue weighted by molar-refractivity contribution is -0.164. The Balaban J connectivity index is 2.58. The van der Waals surface area contributed by atoms with Gasteiger partial charge < -0.3 is 19.6 Å². The minimum atomic E-state index is -4.46. The van der Waals surface area contributed by atoms with Crippen molar-refractivity contribution in [1.82, 2.24) is 9.80 Å². The van der Waals surface area contributed by atoms with Crippen molar-refractivity contribution >= 4 is 12.0 Å². The molecule has 2 amide bonds. The molecular formula is C12H19F3N2O4. The first-order valence-electron chi connectivity index (χ1n) is 6.41. The quantitative estimate of drug-likeness (QED) is 0.836. The SMILES string of the molecule is CC(C)N(CC(F)(F)F)C(=O)N1CC(C)(OCC(=O)O)C1. The number of carboxylic acid groups (broad SMARTS) is 1. The van der Waals surface area contributed by atoms with Crippen molar-refractivity contribution < 1.29 is 32.6 Å². The maximum atomic E-state index is 12.5. The highest BCUT2D eigenvalue weighted by Gasteiger charge is 2.46. The molecule has 0 bridgehead atoms. The van der Waals surface area contributed by atoms with Gasteiger partial charge in [-0.05, 0) is 20.8 Å². The Kier molecular flexibility index (Phi) is 5.08. The Morgan fingerprint density at radius 3 is 2.29 bits per heavy atom. The van der Waals surface area contributed by atoms with Gasteiger partial charge >= 0.3 is 18.2 Å². The number of carboxylic acids is 1. The molecule has 1 aliphatic heterocycles. The number of nitrogens with zero attached hydrogens (tertiary/aromatic N) is 2. The summed E-state index contributed by atoms with van der Waals surface area (Å²) in [5, 5.41) is 8.52. The van der Waals surface area contributed by atoms with Gasteiger partial charge in [0.15, 0.2) is 0 Å². The third-order valence-corrected chi connectivity index (χ3v) is 3.08. The molecule has 1 fully saturated rings. The van der Waals surface area contributed by atoms with Gasteiger partial charge in [0.05, 0.1) is 13.1 Å². The van der Waals surface area contributed by atoms with Crippen LogP contribution in [-0.4, -0.2) is 71.0 Å². The summed E-state index contributed by atoms with van der Waals surface area (Å²) in [7, 11) is 0. The average Bonchev–Trinajstić information content (AvgIpc) is 2.27. The van der Waals surface area contributed by atoms with Gasteiger partial charge in [-0.1, -0.05) is 0 Å². The topological polar surface area (TPSA) is 70.1 Å². The summed E-state index contributed by atoms with van der Waals surface area (Å²) >= 11 is 0. The molecule has 0 radical (unpaired) electrons. The first-order chi connectivity index (χ1) is 9.43. The van der Waals surface area contributed by atoms with Crippen molar-refractivity contribution in [2.75, 3.05) is 26.2 Å². The van der Waals surface area contributed by atoms with E-state index in [1.54, 1.807) is 6.92 Å². The molecule has 122 valence electrons. The predicted octanol–water partition coefficient (Wildman–Crippen LogP) is 1.55. The van der Waals surface area contributed by atoms with Crippen LogP contribution in [0.4, 0.5) is 18.0 Å². The summed E-state index contributed by atoms with van der Waals surface area (Å²) in [4.78, 5) is 24.4. The predicted molar refractivity (Wildman–Crippen MR) is 66.9 cm³/mol. The standard InChI is InChI=1S/C12H19F3N2O4/c1-8(2)17(7-12(13,14)15)10(20)16-5-11(3,6-16)21-4-9(18)19/h8H,4-7H2,1-3H3,(H,18,19). The van der Waals surface area contributed by atoms with Crippen LogP contribution in [0.3, 0.4) is 0 Å². The highest BCUT2D eigenvalue weighted by molar-refractivity contribution is 5.76. The number of alkyl halides is 3. The van der Waals surface area contributed by atoms with E-state index < -0.39 is 43.0 Å². The van der Waals surface area contributed by atoms with Crippen molar-refractivity contribution in [3.05, 3.63) is 0 Å². The minimum Gasteiger partial charge on any atom is -0.480 e. The Labute approximate surface area is 120 Å². The Morgan fingerprint density at radius 1 is 1.38 bits per heavy atom. The summed E-state index contributed by atoms with van der Waals surface area (Å²) in [5.41, 5.74) is -0.824. The van der Waals surface area contributed by atoms with Gasteiger partial charge in [0.1, 0.15) is 18.8 Å². The molecule has 21 heavy (non-hydrogen) atoms. The number of hydrogen-bond acceptors (Lipinski definition) is 3. The molecule has 9 heteroatoms. The zero-order valence-corrected chi connectivity index (χ0v) is 12.1. The molecule has 6 nitrogen and oxygen atoms in total. The number of likely N-dealkylation sites (tertiary alicyclic amines) is 1. The lowest BCUT2D eigenvalue weighted by Gasteiger charge is -2.49. The molecule has 1 saturated heterocycles. The molecule has 1 aliphatic rings. The van der Waals surface area contributed by atoms with Crippen LogP contribution in [0.1, 0.15) is 20.8 Å². The zero-order valence-electron chi connectivity index (χ0n) is 12.1. The first-order valence-corrected chi connectivity index (χ1v) is 6.41. The van der Waals surface area contributed by atoms with Crippen LogP contribution in [0.5, 0.6) is 0 Å². The van der Waals surface area contributed by atoms with E-state index in [4.69, 9.17) is 9.84 Å². The largest absolute Gasteiger partial charge is 0.480 e. The zero-order chi connectivity index (χ0) is 16.4. The minimum absolute atomic E-state index is 0.0696. The lowest BCUT2D eigenvalue weighted by atomic mass is 9.97. The van der Waals surface area contributed by atoms with Gasteiger partial charge in [-0.15, -0.1) is 0 Å². The average molecular weight is 312 g/mol. The van der Waals surface area contributed by atoms with E-state index in [0.717, 1.165) is 4.90 Å². The van der Waals surface area contributed by atoms with E-state index in [9.17, 15) is 22.8 Å². The third kappa shape index (κ3) is 5.07. The number of carbonyl (C=O) groups excluding carboxylic acids is 1. The molecule has 0 aromatic carbocycles. The molecule has 0 saturated carbocycles. The Bertz CT molecular complexity index is 406. The van der Waals surface area contributed by atoms with Crippen LogP contribution >= 0.6 is 0 Å². The first kappa shape index (κ1) is 17.5. The fraction of sp³-hybridized carbons (Fsp3) is 0.833. The summed E-state index contributed by atoms with van der Waals surface area (Å²) in [6.45, 7) is 2.94. The van der Waals surface area contributed by atoms with E-state index in [0.29, 0.717) is 0 Å². The number of hydrogen-bond donors (Lipinski definition) is 1. The normalized spacial score (nSPS) is 17.6. The smallest absolute Gasteiger partial charge is 0.406 e. The van der Waals surface area contributed by atoms with Gasteiger partial charge in [0, 0.05) is 6.04 Å². The summed E-state index contributed by atoms with van der Waals surface area (Å²) in [6, 6.07) is -1.32. The van der Waals surface area contributed by atoms with E-state index in [1.807, 2.05) is 0 Å². The fourth-order valence-electron chi connectivity index (χ4n) is 2.07. The summed E-state index contributed by atoms with van der Waals surface area (Å²) in [6.07, 6.45) is -4.46. The fourth-order valence-corrected chi connectivity index (χ4v) is 2.07. The molecule has 0 spiro atoms. The molecule has 0 aromatic heterocycles. The van der Waals surface area contributed by atoms with E-state index in [1.165, 1.54) is 18.7 Å². The lowest BCUT2D eigenvalue weighted by Crippen LogP contribution is -2.66. The third-order valence-electron chi connectivity index (χ3n) is 3.08. The Morgan fingerprint density at radius 2 is 1.90 bits per heavy atom.